The van der Waals surface area contributed by atoms with Gasteiger partial charge in [-0.25, -0.2) is 4.39 Å². The van der Waals surface area contributed by atoms with Gasteiger partial charge in [-0.1, -0.05) is 6.58 Å². The predicted octanol–water partition coefficient (Wildman–Crippen LogP) is 2.75. The molecule has 0 amide bonds. The van der Waals surface area contributed by atoms with Gasteiger partial charge in [0, 0.05) is 5.56 Å². The van der Waals surface area contributed by atoms with Gasteiger partial charge in [-0.3, -0.25) is 0 Å². The lowest BCUT2D eigenvalue weighted by Gasteiger charge is -2.06. The average Bonchev–Trinajstić information content (AvgIpc) is 2.03. The van der Waals surface area contributed by atoms with Crippen LogP contribution < -0.4 is 0 Å². The number of hydrogen-bond acceptors (Lipinski definition) is 1. The van der Waals surface area contributed by atoms with Crippen molar-refractivity contribution < 1.29 is 9.13 Å². The van der Waals surface area contributed by atoms with Crippen molar-refractivity contribution in [3.05, 3.63) is 41.7 Å². The van der Waals surface area contributed by atoms with Crippen molar-refractivity contribution in [2.45, 2.75) is 6.92 Å². The van der Waals surface area contributed by atoms with Crippen LogP contribution in [0, 0.1) is 12.7 Å². The predicted molar refractivity (Wildman–Crippen MR) is 47.2 cm³/mol. The first kappa shape index (κ1) is 8.78. The lowest BCUT2D eigenvalue weighted by Crippen LogP contribution is -1.90. The molecule has 0 radical (unpaired) electrons. The number of benzene rings is 1. The summed E-state index contributed by atoms with van der Waals surface area (Å²) in [4.78, 5) is 0. The molecular weight excluding hydrogens is 155 g/mol. The summed E-state index contributed by atoms with van der Waals surface area (Å²) in [6, 6.07) is 4.52. The van der Waals surface area contributed by atoms with E-state index in [-0.39, 0.29) is 5.82 Å². The van der Waals surface area contributed by atoms with E-state index in [1.807, 2.05) is 6.92 Å². The number of hydrogen-bond donors (Lipinski definition) is 0. The molecule has 1 aromatic rings. The molecule has 0 bridgehead atoms. The number of ether oxygens (including phenoxy) is 1. The van der Waals surface area contributed by atoms with Crippen LogP contribution in [0.4, 0.5) is 4.39 Å². The van der Waals surface area contributed by atoms with Crippen LogP contribution in [0.5, 0.6) is 0 Å². The fourth-order valence-corrected chi connectivity index (χ4v) is 1.05. The highest BCUT2D eigenvalue weighted by atomic mass is 19.1. The van der Waals surface area contributed by atoms with Gasteiger partial charge in [0.25, 0.3) is 0 Å². The van der Waals surface area contributed by atoms with Crippen molar-refractivity contribution in [3.63, 3.8) is 0 Å². The van der Waals surface area contributed by atoms with E-state index in [0.717, 1.165) is 11.1 Å². The number of halogens is 1. The van der Waals surface area contributed by atoms with E-state index < -0.39 is 0 Å². The summed E-state index contributed by atoms with van der Waals surface area (Å²) < 4.78 is 17.6. The summed E-state index contributed by atoms with van der Waals surface area (Å²) >= 11 is 0. The molecule has 2 heteroatoms. The Kier molecular flexibility index (Phi) is 2.48. The Hall–Kier alpha value is -1.31. The molecule has 64 valence electrons. The van der Waals surface area contributed by atoms with Crippen LogP contribution in [0.2, 0.25) is 0 Å². The van der Waals surface area contributed by atoms with Crippen molar-refractivity contribution in [3.8, 4) is 0 Å². The monoisotopic (exact) mass is 166 g/mol. The molecule has 0 aliphatic carbocycles. The first-order valence-electron chi connectivity index (χ1n) is 3.64. The SMILES string of the molecule is C=C(OC)c1ccc(F)cc1C. The standard InChI is InChI=1S/C10H11FO/c1-7-6-9(11)4-5-10(7)8(2)12-3/h4-6H,2H2,1,3H3. The summed E-state index contributed by atoms with van der Waals surface area (Å²) in [5.74, 6) is 0.327. The van der Waals surface area contributed by atoms with Crippen LogP contribution in [0.15, 0.2) is 24.8 Å². The minimum absolute atomic E-state index is 0.236. The molecule has 1 aromatic carbocycles. The quantitative estimate of drug-likeness (QED) is 0.614. The zero-order valence-corrected chi connectivity index (χ0v) is 7.23. The van der Waals surface area contributed by atoms with Crippen LogP contribution in [-0.4, -0.2) is 7.11 Å². The Bertz CT molecular complexity index is 305. The maximum atomic E-state index is 12.6. The highest BCUT2D eigenvalue weighted by Gasteiger charge is 2.02. The van der Waals surface area contributed by atoms with Crippen molar-refractivity contribution in [1.29, 1.82) is 0 Å². The number of aryl methyl sites for hydroxylation is 1. The second-order valence-corrected chi connectivity index (χ2v) is 2.59. The zero-order chi connectivity index (χ0) is 9.14. The second kappa shape index (κ2) is 3.39. The summed E-state index contributed by atoms with van der Waals surface area (Å²) in [5, 5.41) is 0. The van der Waals surface area contributed by atoms with Crippen molar-refractivity contribution in [2.24, 2.45) is 0 Å². The molecule has 0 aromatic heterocycles. The summed E-state index contributed by atoms with van der Waals surface area (Å²) in [6.45, 7) is 5.51. The Morgan fingerprint density at radius 1 is 1.50 bits per heavy atom. The summed E-state index contributed by atoms with van der Waals surface area (Å²) in [5.41, 5.74) is 1.68. The van der Waals surface area contributed by atoms with Crippen LogP contribution in [0.3, 0.4) is 0 Å². The summed E-state index contributed by atoms with van der Waals surface area (Å²) in [6.07, 6.45) is 0. The Morgan fingerprint density at radius 3 is 2.67 bits per heavy atom. The minimum Gasteiger partial charge on any atom is -0.497 e. The molecule has 0 saturated carbocycles. The molecule has 0 aliphatic rings. The molecule has 0 atom stereocenters. The maximum absolute atomic E-state index is 12.6. The van der Waals surface area contributed by atoms with Gasteiger partial charge in [0.2, 0.25) is 0 Å². The third kappa shape index (κ3) is 1.64. The Morgan fingerprint density at radius 2 is 2.17 bits per heavy atom. The van der Waals surface area contributed by atoms with Gasteiger partial charge in [0.05, 0.1) is 7.11 Å². The smallest absolute Gasteiger partial charge is 0.123 e. The fraction of sp³-hybridized carbons (Fsp3) is 0.200. The van der Waals surface area contributed by atoms with Gasteiger partial charge in [-0.05, 0) is 30.7 Å². The molecule has 0 heterocycles. The third-order valence-corrected chi connectivity index (χ3v) is 1.74. The second-order valence-electron chi connectivity index (χ2n) is 2.59. The lowest BCUT2D eigenvalue weighted by atomic mass is 10.1. The average molecular weight is 166 g/mol. The molecule has 0 saturated heterocycles. The largest absolute Gasteiger partial charge is 0.497 e. The van der Waals surface area contributed by atoms with E-state index in [4.69, 9.17) is 4.74 Å². The van der Waals surface area contributed by atoms with Gasteiger partial charge in [0.1, 0.15) is 11.6 Å². The van der Waals surface area contributed by atoms with E-state index in [9.17, 15) is 4.39 Å². The molecular formula is C10H11FO. The molecule has 12 heavy (non-hydrogen) atoms. The molecule has 0 unspecified atom stereocenters. The van der Waals surface area contributed by atoms with Gasteiger partial charge >= 0.3 is 0 Å². The van der Waals surface area contributed by atoms with E-state index in [1.165, 1.54) is 12.1 Å². The topological polar surface area (TPSA) is 9.23 Å². The minimum atomic E-state index is -0.236. The van der Waals surface area contributed by atoms with Crippen LogP contribution in [-0.2, 0) is 4.74 Å². The highest BCUT2D eigenvalue weighted by Crippen LogP contribution is 2.18. The normalized spacial score (nSPS) is 9.58. The molecule has 1 nitrogen and oxygen atoms in total. The van der Waals surface area contributed by atoms with E-state index in [2.05, 4.69) is 6.58 Å². The maximum Gasteiger partial charge on any atom is 0.123 e. The third-order valence-electron chi connectivity index (χ3n) is 1.74. The Labute approximate surface area is 71.5 Å². The van der Waals surface area contributed by atoms with Crippen LogP contribution in [0.1, 0.15) is 11.1 Å². The Balaban J connectivity index is 3.09. The van der Waals surface area contributed by atoms with E-state index in [0.29, 0.717) is 5.76 Å². The lowest BCUT2D eigenvalue weighted by molar-refractivity contribution is 0.371. The van der Waals surface area contributed by atoms with Gasteiger partial charge < -0.3 is 4.74 Å². The number of methoxy groups -OCH3 is 1. The summed E-state index contributed by atoms with van der Waals surface area (Å²) in [7, 11) is 1.55. The van der Waals surface area contributed by atoms with Crippen molar-refractivity contribution >= 4 is 5.76 Å². The van der Waals surface area contributed by atoms with Crippen LogP contribution in [0.25, 0.3) is 5.76 Å². The first-order chi connectivity index (χ1) is 5.65. The van der Waals surface area contributed by atoms with E-state index in [1.54, 1.807) is 13.2 Å². The van der Waals surface area contributed by atoms with Crippen molar-refractivity contribution in [2.75, 3.05) is 7.11 Å². The highest BCUT2D eigenvalue weighted by molar-refractivity contribution is 5.60. The fourth-order valence-electron chi connectivity index (χ4n) is 1.05. The van der Waals surface area contributed by atoms with Gasteiger partial charge in [0.15, 0.2) is 0 Å². The zero-order valence-electron chi connectivity index (χ0n) is 7.23. The van der Waals surface area contributed by atoms with E-state index >= 15 is 0 Å². The van der Waals surface area contributed by atoms with Crippen molar-refractivity contribution in [1.82, 2.24) is 0 Å². The van der Waals surface area contributed by atoms with Gasteiger partial charge in [-0.15, -0.1) is 0 Å². The molecule has 0 aliphatic heterocycles. The molecule has 0 fully saturated rings. The molecule has 1 rings (SSSR count). The first-order valence-corrected chi connectivity index (χ1v) is 3.64. The van der Waals surface area contributed by atoms with Crippen LogP contribution >= 0.6 is 0 Å². The molecule has 0 N–H and O–H groups in total. The molecule has 0 spiro atoms. The van der Waals surface area contributed by atoms with Gasteiger partial charge in [-0.2, -0.15) is 0 Å². The number of rotatable bonds is 2.